The average molecular weight is 219 g/mol. The first-order valence-corrected chi connectivity index (χ1v) is 5.88. The molecule has 0 atom stereocenters. The fourth-order valence-electron chi connectivity index (χ4n) is 1.40. The van der Waals surface area contributed by atoms with E-state index in [4.69, 9.17) is 0 Å². The summed E-state index contributed by atoms with van der Waals surface area (Å²) in [5, 5.41) is 10.2. The molecule has 1 heteroatoms. The molecule has 0 unspecified atom stereocenters. The van der Waals surface area contributed by atoms with Crippen LogP contribution in [-0.2, 0) is 5.11 Å². The van der Waals surface area contributed by atoms with E-state index in [2.05, 4.69) is 38.7 Å². The van der Waals surface area contributed by atoms with Gasteiger partial charge in [-0.25, -0.2) is 0 Å². The minimum atomic E-state index is 0.737. The maximum Gasteiger partial charge on any atom is 0.185 e. The SMILES string of the molecule is CC(=C=C[O])CCC=C(C)CCC=C(C)C. The van der Waals surface area contributed by atoms with E-state index in [0.29, 0.717) is 0 Å². The lowest BCUT2D eigenvalue weighted by molar-refractivity contribution is 0.352. The minimum Gasteiger partial charge on any atom is -0.289 e. The van der Waals surface area contributed by atoms with Crippen LogP contribution < -0.4 is 0 Å². The van der Waals surface area contributed by atoms with Crippen LogP contribution >= 0.6 is 0 Å². The first-order valence-electron chi connectivity index (χ1n) is 5.88. The second-order valence-electron chi connectivity index (χ2n) is 4.45. The van der Waals surface area contributed by atoms with Gasteiger partial charge in [-0.1, -0.05) is 29.0 Å². The van der Waals surface area contributed by atoms with Gasteiger partial charge in [-0.2, -0.15) is 0 Å². The van der Waals surface area contributed by atoms with Crippen molar-refractivity contribution in [3.05, 3.63) is 40.9 Å². The molecule has 16 heavy (non-hydrogen) atoms. The maximum absolute atomic E-state index is 10.2. The molecule has 89 valence electrons. The highest BCUT2D eigenvalue weighted by Crippen LogP contribution is 2.10. The van der Waals surface area contributed by atoms with Crippen LogP contribution in [0.5, 0.6) is 0 Å². The topological polar surface area (TPSA) is 19.9 Å². The Morgan fingerprint density at radius 3 is 2.19 bits per heavy atom. The zero-order valence-corrected chi connectivity index (χ0v) is 11.0. The molecule has 0 aromatic rings. The Bertz CT molecular complexity index is 308. The zero-order valence-electron chi connectivity index (χ0n) is 11.0. The van der Waals surface area contributed by atoms with Crippen molar-refractivity contribution >= 4 is 0 Å². The third-order valence-corrected chi connectivity index (χ3v) is 2.41. The number of hydrogen-bond acceptors (Lipinski definition) is 0. The molecule has 0 saturated heterocycles. The van der Waals surface area contributed by atoms with E-state index in [9.17, 15) is 5.11 Å². The van der Waals surface area contributed by atoms with E-state index >= 15 is 0 Å². The molecule has 0 aromatic heterocycles. The molecule has 0 aliphatic heterocycles. The molecule has 0 aromatic carbocycles. The molecule has 0 saturated carbocycles. The Morgan fingerprint density at radius 2 is 1.62 bits per heavy atom. The van der Waals surface area contributed by atoms with Crippen molar-refractivity contribution in [1.82, 2.24) is 0 Å². The molecule has 0 aliphatic rings. The summed E-state index contributed by atoms with van der Waals surface area (Å²) < 4.78 is 0. The van der Waals surface area contributed by atoms with Crippen molar-refractivity contribution in [3.8, 4) is 0 Å². The summed E-state index contributed by atoms with van der Waals surface area (Å²) in [6, 6.07) is 0. The Balaban J connectivity index is 3.88. The second kappa shape index (κ2) is 9.06. The molecular formula is C15H23O. The third kappa shape index (κ3) is 9.36. The van der Waals surface area contributed by atoms with Crippen molar-refractivity contribution in [1.29, 1.82) is 0 Å². The predicted molar refractivity (Wildman–Crippen MR) is 69.6 cm³/mol. The van der Waals surface area contributed by atoms with Crippen LogP contribution in [0.15, 0.2) is 40.9 Å². The average Bonchev–Trinajstić information content (AvgIpc) is 2.17. The monoisotopic (exact) mass is 219 g/mol. The van der Waals surface area contributed by atoms with Crippen LogP contribution in [0.1, 0.15) is 53.4 Å². The van der Waals surface area contributed by atoms with Crippen LogP contribution in [0, 0.1) is 0 Å². The Kier molecular flexibility index (Phi) is 8.38. The highest BCUT2D eigenvalue weighted by molar-refractivity contribution is 5.04. The summed E-state index contributed by atoms with van der Waals surface area (Å²) in [5.74, 6) is 0. The van der Waals surface area contributed by atoms with Gasteiger partial charge in [0.2, 0.25) is 0 Å². The molecule has 0 spiro atoms. The van der Waals surface area contributed by atoms with Gasteiger partial charge in [-0.15, -0.1) is 0 Å². The fraction of sp³-hybridized carbons (Fsp3) is 0.533. The van der Waals surface area contributed by atoms with Crippen molar-refractivity contribution in [2.24, 2.45) is 0 Å². The lowest BCUT2D eigenvalue weighted by Gasteiger charge is -1.99. The summed E-state index contributed by atoms with van der Waals surface area (Å²) in [5.41, 5.74) is 6.51. The molecule has 0 rings (SSSR count). The molecule has 0 heterocycles. The van der Waals surface area contributed by atoms with Gasteiger partial charge < -0.3 is 0 Å². The quantitative estimate of drug-likeness (QED) is 0.342. The van der Waals surface area contributed by atoms with E-state index in [1.165, 1.54) is 11.1 Å². The van der Waals surface area contributed by atoms with Crippen LogP contribution in [0.2, 0.25) is 0 Å². The van der Waals surface area contributed by atoms with Gasteiger partial charge in [0, 0.05) is 0 Å². The van der Waals surface area contributed by atoms with Gasteiger partial charge in [0.15, 0.2) is 6.26 Å². The van der Waals surface area contributed by atoms with E-state index < -0.39 is 0 Å². The highest BCUT2D eigenvalue weighted by Gasteiger charge is 1.90. The zero-order chi connectivity index (χ0) is 12.4. The van der Waals surface area contributed by atoms with Crippen LogP contribution in [0.25, 0.3) is 0 Å². The maximum atomic E-state index is 10.2. The standard InChI is InChI=1S/C15H23O/c1-13(2)7-5-8-14(3)9-6-10-15(4)11-12-16/h7,9,12H,5-6,8,10H2,1-4H3. The van der Waals surface area contributed by atoms with E-state index in [1.54, 1.807) is 0 Å². The summed E-state index contributed by atoms with van der Waals surface area (Å²) >= 11 is 0. The van der Waals surface area contributed by atoms with E-state index in [1.807, 2.05) is 6.92 Å². The summed E-state index contributed by atoms with van der Waals surface area (Å²) in [4.78, 5) is 0. The summed E-state index contributed by atoms with van der Waals surface area (Å²) in [6.07, 6.45) is 9.45. The van der Waals surface area contributed by atoms with Gasteiger partial charge in [-0.05, 0) is 59.0 Å². The molecule has 0 amide bonds. The van der Waals surface area contributed by atoms with Gasteiger partial charge in [0.05, 0.1) is 0 Å². The van der Waals surface area contributed by atoms with Crippen LogP contribution in [0.4, 0.5) is 0 Å². The van der Waals surface area contributed by atoms with Crippen molar-refractivity contribution in [3.63, 3.8) is 0 Å². The first kappa shape index (κ1) is 14.8. The first-order chi connectivity index (χ1) is 7.56. The molecule has 0 N–H and O–H groups in total. The molecular weight excluding hydrogens is 196 g/mol. The number of hydrogen-bond donors (Lipinski definition) is 0. The molecule has 1 radical (unpaired) electrons. The van der Waals surface area contributed by atoms with Gasteiger partial charge in [-0.3, -0.25) is 5.11 Å². The Labute approximate surface area is 99.9 Å². The molecule has 1 nitrogen and oxygen atoms in total. The largest absolute Gasteiger partial charge is 0.289 e. The fourth-order valence-corrected chi connectivity index (χ4v) is 1.40. The third-order valence-electron chi connectivity index (χ3n) is 2.41. The Hall–Kier alpha value is -1.20. The molecule has 0 fully saturated rings. The number of rotatable bonds is 6. The normalized spacial score (nSPS) is 10.6. The lowest BCUT2D eigenvalue weighted by atomic mass is 10.1. The van der Waals surface area contributed by atoms with Crippen molar-refractivity contribution in [2.75, 3.05) is 0 Å². The van der Waals surface area contributed by atoms with E-state index in [-0.39, 0.29) is 0 Å². The van der Waals surface area contributed by atoms with Gasteiger partial charge in [0.25, 0.3) is 0 Å². The predicted octanol–water partition coefficient (Wildman–Crippen LogP) is 4.95. The van der Waals surface area contributed by atoms with Crippen molar-refractivity contribution in [2.45, 2.75) is 53.4 Å². The van der Waals surface area contributed by atoms with Gasteiger partial charge >= 0.3 is 0 Å². The minimum absolute atomic E-state index is 0.737. The number of allylic oxidation sites excluding steroid dienone is 5. The smallest absolute Gasteiger partial charge is 0.185 e. The van der Waals surface area contributed by atoms with E-state index in [0.717, 1.165) is 37.5 Å². The lowest BCUT2D eigenvalue weighted by Crippen LogP contribution is -1.79. The van der Waals surface area contributed by atoms with Crippen LogP contribution in [-0.4, -0.2) is 0 Å². The molecule has 0 bridgehead atoms. The summed E-state index contributed by atoms with van der Waals surface area (Å²) in [6.45, 7) is 8.37. The van der Waals surface area contributed by atoms with Gasteiger partial charge in [0.1, 0.15) is 0 Å². The summed E-state index contributed by atoms with van der Waals surface area (Å²) in [7, 11) is 0. The second-order valence-corrected chi connectivity index (χ2v) is 4.45. The van der Waals surface area contributed by atoms with Crippen molar-refractivity contribution < 1.29 is 5.11 Å². The van der Waals surface area contributed by atoms with Crippen LogP contribution in [0.3, 0.4) is 0 Å². The highest BCUT2D eigenvalue weighted by atomic mass is 16.2. The molecule has 0 aliphatic carbocycles. The Morgan fingerprint density at radius 1 is 1.00 bits per heavy atom.